The maximum atomic E-state index is 13.1. The van der Waals surface area contributed by atoms with E-state index in [0.29, 0.717) is 28.4 Å². The molecule has 0 bridgehead atoms. The number of ether oxygens (including phenoxy) is 2. The van der Waals surface area contributed by atoms with Gasteiger partial charge in [-0.2, -0.15) is 0 Å². The molecule has 0 aromatic heterocycles. The number of aliphatic hydroxyl groups excluding tert-OH is 1. The highest BCUT2D eigenvalue weighted by Gasteiger charge is 2.23. The fraction of sp³-hybridized carbons (Fsp3) is 0.161. The molecule has 200 valence electrons. The number of amides is 2. The Bertz CT molecular complexity index is 1450. The third-order valence-corrected chi connectivity index (χ3v) is 6.08. The average molecular weight is 526 g/mol. The smallest absolute Gasteiger partial charge is 0.412 e. The molecule has 0 saturated heterocycles. The van der Waals surface area contributed by atoms with Crippen molar-refractivity contribution in [3.05, 3.63) is 109 Å². The van der Waals surface area contributed by atoms with Crippen LogP contribution < -0.4 is 21.1 Å². The summed E-state index contributed by atoms with van der Waals surface area (Å²) in [6.45, 7) is 1.93. The van der Waals surface area contributed by atoms with Gasteiger partial charge < -0.3 is 25.6 Å². The summed E-state index contributed by atoms with van der Waals surface area (Å²) in [4.78, 5) is 25.6. The minimum atomic E-state index is -0.710. The second-order valence-electron chi connectivity index (χ2n) is 8.91. The molecular weight excluding hydrogens is 494 g/mol. The number of hydrogen-bond acceptors (Lipinski definition) is 6. The number of carbonyl (C=O) groups excluding carboxylic acids is 2. The molecule has 4 rings (SSSR count). The number of carbonyl (C=O) groups is 2. The van der Waals surface area contributed by atoms with Crippen molar-refractivity contribution < 1.29 is 24.2 Å². The summed E-state index contributed by atoms with van der Waals surface area (Å²) in [6, 6.07) is 27.4. The fourth-order valence-corrected chi connectivity index (χ4v) is 4.11. The van der Waals surface area contributed by atoms with Crippen LogP contribution >= 0.6 is 0 Å². The van der Waals surface area contributed by atoms with Gasteiger partial charge in [-0.15, -0.1) is 0 Å². The van der Waals surface area contributed by atoms with Gasteiger partial charge in [-0.25, -0.2) is 4.79 Å². The number of benzene rings is 4. The Kier molecular flexibility index (Phi) is 9.16. The third kappa shape index (κ3) is 7.37. The minimum Gasteiger partial charge on any atom is -0.491 e. The molecule has 0 radical (unpaired) electrons. The average Bonchev–Trinajstić information content (AvgIpc) is 2.95. The number of rotatable bonds is 10. The molecule has 2 atom stereocenters. The molecule has 39 heavy (non-hydrogen) atoms. The molecule has 0 aliphatic carbocycles. The second kappa shape index (κ2) is 13.1. The van der Waals surface area contributed by atoms with Crippen molar-refractivity contribution in [1.82, 2.24) is 0 Å². The molecule has 4 aromatic rings. The zero-order chi connectivity index (χ0) is 27.6. The van der Waals surface area contributed by atoms with Gasteiger partial charge in [0.1, 0.15) is 18.5 Å². The Balaban J connectivity index is 1.52. The van der Waals surface area contributed by atoms with Crippen LogP contribution in [0, 0.1) is 5.92 Å². The Morgan fingerprint density at radius 1 is 0.897 bits per heavy atom. The lowest BCUT2D eigenvalue weighted by Crippen LogP contribution is -2.21. The van der Waals surface area contributed by atoms with E-state index in [9.17, 15) is 9.59 Å². The zero-order valence-corrected chi connectivity index (χ0v) is 21.5. The van der Waals surface area contributed by atoms with E-state index in [1.165, 1.54) is 6.08 Å². The van der Waals surface area contributed by atoms with Crippen LogP contribution in [0.15, 0.2) is 103 Å². The van der Waals surface area contributed by atoms with E-state index < -0.39 is 12.2 Å². The molecule has 0 aliphatic heterocycles. The summed E-state index contributed by atoms with van der Waals surface area (Å²) < 4.78 is 11.4. The van der Waals surface area contributed by atoms with E-state index in [1.807, 2.05) is 49.4 Å². The van der Waals surface area contributed by atoms with E-state index in [-0.39, 0.29) is 25.0 Å². The van der Waals surface area contributed by atoms with Crippen LogP contribution in [-0.2, 0) is 9.53 Å². The highest BCUT2D eigenvalue weighted by molar-refractivity contribution is 6.01. The first-order chi connectivity index (χ1) is 18.9. The number of nitrogens with one attached hydrogen (secondary N) is 2. The molecule has 0 heterocycles. The standard InChI is InChI=1S/C31H31N3O5/c1-21(13-18-29(36)33-28-11-5-4-10-26(28)32)30(23-14-16-24(17-15-23)38-20-19-35)39-31(37)34-27-12-6-8-22-7-2-3-9-25(22)27/h2-18,21,30,35H,19-20,32H2,1H3,(H,33,36)(H,34,37)/b18-13+/t21-,30-/m1/s1. The molecule has 2 amide bonds. The number of anilines is 3. The highest BCUT2D eigenvalue weighted by Crippen LogP contribution is 2.30. The van der Waals surface area contributed by atoms with Crippen molar-refractivity contribution in [2.75, 3.05) is 29.6 Å². The SMILES string of the molecule is C[C@H](/C=C/C(=O)Nc1ccccc1N)[C@@H](OC(=O)Nc1cccc2ccccc12)c1ccc(OCCO)cc1. The summed E-state index contributed by atoms with van der Waals surface area (Å²) in [5.41, 5.74) is 8.24. The van der Waals surface area contributed by atoms with Crippen LogP contribution in [0.5, 0.6) is 5.75 Å². The highest BCUT2D eigenvalue weighted by atomic mass is 16.6. The normalized spacial score (nSPS) is 12.6. The summed E-state index contributed by atoms with van der Waals surface area (Å²) >= 11 is 0. The predicted molar refractivity (Wildman–Crippen MR) is 154 cm³/mol. The predicted octanol–water partition coefficient (Wildman–Crippen LogP) is 5.91. The Morgan fingerprint density at radius 2 is 1.59 bits per heavy atom. The van der Waals surface area contributed by atoms with E-state index in [4.69, 9.17) is 20.3 Å². The lowest BCUT2D eigenvalue weighted by atomic mass is 9.96. The summed E-state index contributed by atoms with van der Waals surface area (Å²) in [7, 11) is 0. The first kappa shape index (κ1) is 27.2. The number of nitrogen functional groups attached to an aromatic ring is 1. The molecule has 0 fully saturated rings. The van der Waals surface area contributed by atoms with Crippen molar-refractivity contribution in [2.24, 2.45) is 5.92 Å². The van der Waals surface area contributed by atoms with Crippen LogP contribution in [0.4, 0.5) is 21.9 Å². The van der Waals surface area contributed by atoms with E-state index >= 15 is 0 Å². The van der Waals surface area contributed by atoms with Crippen LogP contribution in [-0.4, -0.2) is 30.3 Å². The molecule has 5 N–H and O–H groups in total. The molecule has 4 aromatic carbocycles. The number of fused-ring (bicyclic) bond motifs is 1. The molecule has 8 nitrogen and oxygen atoms in total. The number of aliphatic hydroxyl groups is 1. The van der Waals surface area contributed by atoms with Gasteiger partial charge in [-0.1, -0.05) is 73.7 Å². The van der Waals surface area contributed by atoms with E-state index in [2.05, 4.69) is 10.6 Å². The number of para-hydroxylation sites is 2. The lowest BCUT2D eigenvalue weighted by Gasteiger charge is -2.23. The van der Waals surface area contributed by atoms with Gasteiger partial charge in [0.05, 0.1) is 23.7 Å². The maximum absolute atomic E-state index is 13.1. The topological polar surface area (TPSA) is 123 Å². The van der Waals surface area contributed by atoms with E-state index in [1.54, 1.807) is 54.6 Å². The Morgan fingerprint density at radius 3 is 2.36 bits per heavy atom. The lowest BCUT2D eigenvalue weighted by molar-refractivity contribution is -0.111. The Labute approximate surface area is 227 Å². The Hall–Kier alpha value is -4.82. The van der Waals surface area contributed by atoms with Crippen LogP contribution in [0.1, 0.15) is 18.6 Å². The van der Waals surface area contributed by atoms with E-state index in [0.717, 1.165) is 10.8 Å². The molecule has 0 aliphatic rings. The van der Waals surface area contributed by atoms with Crippen molar-refractivity contribution in [3.8, 4) is 5.75 Å². The monoisotopic (exact) mass is 525 g/mol. The first-order valence-electron chi connectivity index (χ1n) is 12.6. The van der Waals surface area contributed by atoms with Gasteiger partial charge in [0.15, 0.2) is 0 Å². The van der Waals surface area contributed by atoms with Crippen molar-refractivity contribution in [3.63, 3.8) is 0 Å². The van der Waals surface area contributed by atoms with Gasteiger partial charge in [0.2, 0.25) is 5.91 Å². The molecule has 0 unspecified atom stereocenters. The van der Waals surface area contributed by atoms with Gasteiger partial charge >= 0.3 is 6.09 Å². The van der Waals surface area contributed by atoms with Gasteiger partial charge in [-0.05, 0) is 47.4 Å². The van der Waals surface area contributed by atoms with Crippen LogP contribution in [0.25, 0.3) is 10.8 Å². The third-order valence-electron chi connectivity index (χ3n) is 6.08. The quantitative estimate of drug-likeness (QED) is 0.151. The van der Waals surface area contributed by atoms with Crippen molar-refractivity contribution in [2.45, 2.75) is 13.0 Å². The number of nitrogens with two attached hydrogens (primary N) is 1. The second-order valence-corrected chi connectivity index (χ2v) is 8.91. The minimum absolute atomic E-state index is 0.0969. The van der Waals surface area contributed by atoms with Gasteiger partial charge in [0, 0.05) is 11.3 Å². The molecule has 0 spiro atoms. The fourth-order valence-electron chi connectivity index (χ4n) is 4.11. The first-order valence-corrected chi connectivity index (χ1v) is 12.6. The molecule has 8 heteroatoms. The van der Waals surface area contributed by atoms with Crippen LogP contribution in [0.2, 0.25) is 0 Å². The summed E-state index contributed by atoms with van der Waals surface area (Å²) in [6.07, 6.45) is 1.74. The largest absolute Gasteiger partial charge is 0.491 e. The maximum Gasteiger partial charge on any atom is 0.412 e. The zero-order valence-electron chi connectivity index (χ0n) is 21.5. The van der Waals surface area contributed by atoms with Gasteiger partial charge in [-0.3, -0.25) is 10.1 Å². The molecule has 0 saturated carbocycles. The summed E-state index contributed by atoms with van der Waals surface area (Å²) in [5.74, 6) is -0.146. The van der Waals surface area contributed by atoms with Crippen molar-refractivity contribution in [1.29, 1.82) is 0 Å². The van der Waals surface area contributed by atoms with Crippen LogP contribution in [0.3, 0.4) is 0 Å². The number of hydrogen-bond donors (Lipinski definition) is 4. The summed E-state index contributed by atoms with van der Waals surface area (Å²) in [5, 5.41) is 16.5. The van der Waals surface area contributed by atoms with Gasteiger partial charge in [0.25, 0.3) is 0 Å². The van der Waals surface area contributed by atoms with Crippen molar-refractivity contribution >= 4 is 39.8 Å². The molecular formula is C31H31N3O5.